The molecule has 3 rings (SSSR count). The Hall–Kier alpha value is -1.49. The fraction of sp³-hybridized carbons (Fsp3) is 0.235. The standard InChI is InChI=1S/C17H14Cl2FN3OS/c18-12-2-4-16(14(19)5-12)25-23-8-17(22,9-23)10-24-13-3-1-11(7-21)15(20)6-13/h1-6H,8-10,22H2. The van der Waals surface area contributed by atoms with Gasteiger partial charge in [-0.3, -0.25) is 0 Å². The summed E-state index contributed by atoms with van der Waals surface area (Å²) in [5.41, 5.74) is 5.74. The van der Waals surface area contributed by atoms with Crippen molar-refractivity contribution in [3.05, 3.63) is 57.8 Å². The monoisotopic (exact) mass is 397 g/mol. The van der Waals surface area contributed by atoms with Gasteiger partial charge in [-0.25, -0.2) is 8.70 Å². The van der Waals surface area contributed by atoms with Gasteiger partial charge in [0, 0.05) is 29.1 Å². The number of rotatable bonds is 5. The number of hydrogen-bond acceptors (Lipinski definition) is 5. The van der Waals surface area contributed by atoms with Gasteiger partial charge >= 0.3 is 0 Å². The summed E-state index contributed by atoms with van der Waals surface area (Å²) in [6.07, 6.45) is 0. The highest BCUT2D eigenvalue weighted by Gasteiger charge is 2.41. The number of benzene rings is 2. The molecule has 0 spiro atoms. The molecule has 0 atom stereocenters. The third-order valence-corrected chi connectivity index (χ3v) is 5.42. The van der Waals surface area contributed by atoms with Crippen LogP contribution in [0.25, 0.3) is 0 Å². The smallest absolute Gasteiger partial charge is 0.144 e. The number of hydrogen-bond donors (Lipinski definition) is 1. The Morgan fingerprint density at radius 1 is 1.28 bits per heavy atom. The molecule has 0 aromatic heterocycles. The maximum Gasteiger partial charge on any atom is 0.144 e. The Kier molecular flexibility index (Phi) is 5.42. The first-order chi connectivity index (χ1) is 11.9. The van der Waals surface area contributed by atoms with Crippen molar-refractivity contribution in [2.24, 2.45) is 5.73 Å². The molecule has 2 aromatic carbocycles. The second-order valence-electron chi connectivity index (χ2n) is 5.87. The Bertz CT molecular complexity index is 837. The lowest BCUT2D eigenvalue weighted by atomic mass is 9.95. The number of halogens is 3. The highest BCUT2D eigenvalue weighted by atomic mass is 35.5. The Balaban J connectivity index is 1.52. The molecule has 0 saturated carbocycles. The van der Waals surface area contributed by atoms with Gasteiger partial charge in [-0.2, -0.15) is 5.26 Å². The zero-order valence-electron chi connectivity index (χ0n) is 13.0. The maximum absolute atomic E-state index is 13.6. The van der Waals surface area contributed by atoms with Gasteiger partial charge in [0.2, 0.25) is 0 Å². The summed E-state index contributed by atoms with van der Waals surface area (Å²) >= 11 is 13.6. The van der Waals surface area contributed by atoms with Crippen molar-refractivity contribution < 1.29 is 9.13 Å². The Labute approximate surface area is 159 Å². The second-order valence-corrected chi connectivity index (χ2v) is 7.85. The molecule has 1 saturated heterocycles. The third kappa shape index (κ3) is 4.38. The van der Waals surface area contributed by atoms with Gasteiger partial charge in [-0.05, 0) is 42.3 Å². The van der Waals surface area contributed by atoms with Crippen molar-refractivity contribution in [2.75, 3.05) is 19.7 Å². The quantitative estimate of drug-likeness (QED) is 0.769. The molecular weight excluding hydrogens is 384 g/mol. The van der Waals surface area contributed by atoms with Gasteiger partial charge < -0.3 is 10.5 Å². The van der Waals surface area contributed by atoms with E-state index in [1.807, 2.05) is 6.07 Å². The summed E-state index contributed by atoms with van der Waals surface area (Å²) in [7, 11) is 0. The molecule has 4 nitrogen and oxygen atoms in total. The average molecular weight is 398 g/mol. The molecule has 1 aliphatic heterocycles. The van der Waals surface area contributed by atoms with Crippen LogP contribution in [-0.4, -0.2) is 29.5 Å². The number of nitrogens with zero attached hydrogens (tertiary/aromatic N) is 2. The summed E-state index contributed by atoms with van der Waals surface area (Å²) in [5.74, 6) is -0.248. The third-order valence-electron chi connectivity index (χ3n) is 3.69. The fourth-order valence-electron chi connectivity index (χ4n) is 2.40. The van der Waals surface area contributed by atoms with Gasteiger partial charge in [-0.15, -0.1) is 0 Å². The van der Waals surface area contributed by atoms with E-state index in [1.165, 1.54) is 24.1 Å². The number of nitriles is 1. The van der Waals surface area contributed by atoms with Crippen LogP contribution in [-0.2, 0) is 0 Å². The summed E-state index contributed by atoms with van der Waals surface area (Å²) in [5, 5.41) is 9.91. The minimum Gasteiger partial charge on any atom is -0.491 e. The summed E-state index contributed by atoms with van der Waals surface area (Å²) in [6, 6.07) is 11.3. The van der Waals surface area contributed by atoms with Crippen molar-refractivity contribution in [3.63, 3.8) is 0 Å². The lowest BCUT2D eigenvalue weighted by Gasteiger charge is -2.46. The predicted molar refractivity (Wildman–Crippen MR) is 97.4 cm³/mol. The SMILES string of the molecule is N#Cc1ccc(OCC2(N)CN(Sc3ccc(Cl)cc3Cl)C2)cc1F. The van der Waals surface area contributed by atoms with Crippen molar-refractivity contribution in [3.8, 4) is 11.8 Å². The van der Waals surface area contributed by atoms with Crippen LogP contribution in [0, 0.1) is 17.1 Å². The summed E-state index contributed by atoms with van der Waals surface area (Å²) < 4.78 is 21.2. The molecule has 8 heteroatoms. The predicted octanol–water partition coefficient (Wildman–Crippen LogP) is 4.10. The molecule has 0 amide bonds. The molecule has 130 valence electrons. The van der Waals surface area contributed by atoms with Crippen LogP contribution in [0.4, 0.5) is 4.39 Å². The summed E-state index contributed by atoms with van der Waals surface area (Å²) in [4.78, 5) is 0.906. The van der Waals surface area contributed by atoms with Crippen LogP contribution in [0.15, 0.2) is 41.3 Å². The first kappa shape index (κ1) is 18.3. The van der Waals surface area contributed by atoms with Crippen molar-refractivity contribution in [1.82, 2.24) is 4.31 Å². The minimum atomic E-state index is -0.603. The van der Waals surface area contributed by atoms with E-state index in [0.29, 0.717) is 28.9 Å². The molecule has 1 fully saturated rings. The zero-order valence-corrected chi connectivity index (χ0v) is 15.3. The van der Waals surface area contributed by atoms with Crippen LogP contribution < -0.4 is 10.5 Å². The zero-order chi connectivity index (χ0) is 18.0. The number of ether oxygens (including phenoxy) is 1. The average Bonchev–Trinajstić information content (AvgIpc) is 2.54. The van der Waals surface area contributed by atoms with E-state index in [-0.39, 0.29) is 12.2 Å². The van der Waals surface area contributed by atoms with E-state index >= 15 is 0 Å². The summed E-state index contributed by atoms with van der Waals surface area (Å²) in [6.45, 7) is 1.47. The van der Waals surface area contributed by atoms with E-state index in [2.05, 4.69) is 4.31 Å². The maximum atomic E-state index is 13.6. The Morgan fingerprint density at radius 3 is 2.68 bits per heavy atom. The van der Waals surface area contributed by atoms with Gasteiger partial charge in [0.05, 0.1) is 16.1 Å². The molecule has 1 aliphatic rings. The molecule has 0 unspecified atom stereocenters. The second kappa shape index (κ2) is 7.40. The lowest BCUT2D eigenvalue weighted by Crippen LogP contribution is -2.67. The lowest BCUT2D eigenvalue weighted by molar-refractivity contribution is 0.103. The fourth-order valence-corrected chi connectivity index (χ4v) is 4.11. The molecule has 0 radical (unpaired) electrons. The highest BCUT2D eigenvalue weighted by molar-refractivity contribution is 7.97. The van der Waals surface area contributed by atoms with Crippen molar-refractivity contribution in [1.29, 1.82) is 5.26 Å². The highest BCUT2D eigenvalue weighted by Crippen LogP contribution is 2.36. The largest absolute Gasteiger partial charge is 0.491 e. The van der Waals surface area contributed by atoms with E-state index in [4.69, 9.17) is 38.9 Å². The molecular formula is C17H14Cl2FN3OS. The molecule has 0 bridgehead atoms. The Morgan fingerprint density at radius 2 is 2.04 bits per heavy atom. The first-order valence-electron chi connectivity index (χ1n) is 7.38. The topological polar surface area (TPSA) is 62.3 Å². The van der Waals surface area contributed by atoms with Gasteiger partial charge in [0.1, 0.15) is 24.2 Å². The molecule has 2 N–H and O–H groups in total. The molecule has 0 aliphatic carbocycles. The van der Waals surface area contributed by atoms with Crippen molar-refractivity contribution >= 4 is 35.1 Å². The van der Waals surface area contributed by atoms with Gasteiger partial charge in [0.15, 0.2) is 0 Å². The van der Waals surface area contributed by atoms with Gasteiger partial charge in [0.25, 0.3) is 0 Å². The normalized spacial score (nSPS) is 16.1. The van der Waals surface area contributed by atoms with Crippen LogP contribution in [0.2, 0.25) is 10.0 Å². The molecule has 25 heavy (non-hydrogen) atoms. The van der Waals surface area contributed by atoms with Gasteiger partial charge in [-0.1, -0.05) is 23.2 Å². The number of nitrogens with two attached hydrogens (primary N) is 1. The first-order valence-corrected chi connectivity index (χ1v) is 8.91. The van der Waals surface area contributed by atoms with E-state index in [9.17, 15) is 4.39 Å². The molecule has 1 heterocycles. The van der Waals surface area contributed by atoms with Crippen molar-refractivity contribution in [2.45, 2.75) is 10.4 Å². The van der Waals surface area contributed by atoms with E-state index in [0.717, 1.165) is 4.90 Å². The van der Waals surface area contributed by atoms with E-state index in [1.54, 1.807) is 24.3 Å². The van der Waals surface area contributed by atoms with Crippen LogP contribution in [0.1, 0.15) is 5.56 Å². The molecule has 2 aromatic rings. The van der Waals surface area contributed by atoms with Crippen LogP contribution >= 0.6 is 35.1 Å². The van der Waals surface area contributed by atoms with Crippen LogP contribution in [0.3, 0.4) is 0 Å². The van der Waals surface area contributed by atoms with Crippen LogP contribution in [0.5, 0.6) is 5.75 Å². The van der Waals surface area contributed by atoms with E-state index < -0.39 is 11.4 Å². The minimum absolute atomic E-state index is 0.0131.